The highest BCUT2D eigenvalue weighted by Gasteiger charge is 2.31. The number of thioether (sulfide) groups is 2. The van der Waals surface area contributed by atoms with E-state index >= 15 is 0 Å². The van der Waals surface area contributed by atoms with Crippen molar-refractivity contribution in [1.82, 2.24) is 4.90 Å². The molecule has 0 N–H and O–H groups in total. The molecule has 0 aromatic heterocycles. The molecule has 5 heteroatoms. The van der Waals surface area contributed by atoms with Crippen LogP contribution in [0.25, 0.3) is 0 Å². The molecule has 0 saturated carbocycles. The Labute approximate surface area is 122 Å². The van der Waals surface area contributed by atoms with Crippen molar-refractivity contribution in [2.75, 3.05) is 19.1 Å². The summed E-state index contributed by atoms with van der Waals surface area (Å²) in [7, 11) is 0. The number of rotatable bonds is 4. The first-order valence-electron chi connectivity index (χ1n) is 6.01. The van der Waals surface area contributed by atoms with E-state index in [1.165, 1.54) is 0 Å². The molecule has 19 heavy (non-hydrogen) atoms. The summed E-state index contributed by atoms with van der Waals surface area (Å²) in [5.41, 5.74) is 1.55. The minimum absolute atomic E-state index is 0.0000491. The zero-order valence-electron chi connectivity index (χ0n) is 11.2. The van der Waals surface area contributed by atoms with Gasteiger partial charge in [0.2, 0.25) is 0 Å². The summed E-state index contributed by atoms with van der Waals surface area (Å²) in [4.78, 5) is 18.7. The molecule has 0 saturated heterocycles. The highest BCUT2D eigenvalue weighted by Crippen LogP contribution is 2.32. The van der Waals surface area contributed by atoms with E-state index in [0.717, 1.165) is 15.6 Å². The molecular weight excluding hydrogens is 276 g/mol. The number of amides is 1. The summed E-state index contributed by atoms with van der Waals surface area (Å²) in [5.74, 6) is 0.753. The standard InChI is InChI=1S/C14H16N2OS2/c1-4-16-12(10-8-6-5-7-9-10)15-11(13(16)17)14(18-2)19-3/h5-9H,4H2,1-3H3. The molecule has 1 aliphatic heterocycles. The first-order chi connectivity index (χ1) is 9.22. The number of carbonyl (C=O) groups is 1. The molecular formula is C14H16N2OS2. The summed E-state index contributed by atoms with van der Waals surface area (Å²) in [6.45, 7) is 2.60. The van der Waals surface area contributed by atoms with Crippen molar-refractivity contribution in [3.8, 4) is 0 Å². The topological polar surface area (TPSA) is 32.7 Å². The Bertz CT molecular complexity index is 532. The lowest BCUT2D eigenvalue weighted by Crippen LogP contribution is -2.32. The molecule has 2 rings (SSSR count). The van der Waals surface area contributed by atoms with Gasteiger partial charge in [-0.15, -0.1) is 23.5 Å². The van der Waals surface area contributed by atoms with Crippen LogP contribution in [0.15, 0.2) is 45.3 Å². The smallest absolute Gasteiger partial charge is 0.279 e. The van der Waals surface area contributed by atoms with Crippen LogP contribution >= 0.6 is 23.5 Å². The van der Waals surface area contributed by atoms with E-state index in [4.69, 9.17) is 0 Å². The van der Waals surface area contributed by atoms with Gasteiger partial charge in [-0.3, -0.25) is 9.69 Å². The van der Waals surface area contributed by atoms with Gasteiger partial charge >= 0.3 is 0 Å². The third kappa shape index (κ3) is 2.72. The molecule has 1 heterocycles. The fourth-order valence-electron chi connectivity index (χ4n) is 1.95. The van der Waals surface area contributed by atoms with Crippen LogP contribution in [-0.2, 0) is 4.79 Å². The lowest BCUT2D eigenvalue weighted by Gasteiger charge is -2.15. The molecule has 1 amide bonds. The second-order valence-electron chi connectivity index (χ2n) is 3.90. The Morgan fingerprint density at radius 3 is 2.37 bits per heavy atom. The fraction of sp³-hybridized carbons (Fsp3) is 0.286. The monoisotopic (exact) mass is 292 g/mol. The Kier molecular flexibility index (Phi) is 4.71. The van der Waals surface area contributed by atoms with Crippen LogP contribution in [0.2, 0.25) is 0 Å². The van der Waals surface area contributed by atoms with E-state index in [0.29, 0.717) is 12.2 Å². The second-order valence-corrected chi connectivity index (χ2v) is 5.79. The Hall–Kier alpha value is -1.20. The fourth-order valence-corrected chi connectivity index (χ4v) is 3.27. The number of carbonyl (C=O) groups excluding carboxylic acids is 1. The maximum atomic E-state index is 12.4. The van der Waals surface area contributed by atoms with E-state index in [2.05, 4.69) is 4.99 Å². The molecule has 0 aliphatic carbocycles. The number of aliphatic imine (C=N–C) groups is 1. The van der Waals surface area contributed by atoms with Crippen LogP contribution in [-0.4, -0.2) is 35.7 Å². The summed E-state index contributed by atoms with van der Waals surface area (Å²) in [6.07, 6.45) is 3.94. The van der Waals surface area contributed by atoms with Crippen molar-refractivity contribution in [2.24, 2.45) is 4.99 Å². The van der Waals surface area contributed by atoms with Gasteiger partial charge in [0, 0.05) is 12.1 Å². The first kappa shape index (κ1) is 14.2. The van der Waals surface area contributed by atoms with Gasteiger partial charge < -0.3 is 0 Å². The Morgan fingerprint density at radius 1 is 1.21 bits per heavy atom. The average Bonchev–Trinajstić information content (AvgIpc) is 2.78. The molecule has 1 aliphatic rings. The van der Waals surface area contributed by atoms with Gasteiger partial charge in [-0.1, -0.05) is 30.3 Å². The molecule has 1 aromatic carbocycles. The SMILES string of the molecule is CCN1C(=O)C(=C(SC)SC)N=C1c1ccccc1. The predicted octanol–water partition coefficient (Wildman–Crippen LogP) is 3.19. The number of likely N-dealkylation sites (N-methyl/N-ethyl adjacent to an activating group) is 1. The van der Waals surface area contributed by atoms with Gasteiger partial charge in [0.15, 0.2) is 5.70 Å². The summed E-state index contributed by atoms with van der Waals surface area (Å²) >= 11 is 3.14. The van der Waals surface area contributed by atoms with Crippen LogP contribution in [0.3, 0.4) is 0 Å². The van der Waals surface area contributed by atoms with Gasteiger partial charge in [-0.2, -0.15) is 0 Å². The number of benzene rings is 1. The molecule has 0 fully saturated rings. The normalized spacial score (nSPS) is 14.9. The molecule has 0 atom stereocenters. The summed E-state index contributed by atoms with van der Waals surface area (Å²) < 4.78 is 0.967. The second kappa shape index (κ2) is 6.30. The molecule has 0 bridgehead atoms. The number of amidine groups is 1. The highest BCUT2D eigenvalue weighted by atomic mass is 32.2. The summed E-state index contributed by atoms with van der Waals surface area (Å²) in [5, 5.41) is 0. The van der Waals surface area contributed by atoms with Crippen molar-refractivity contribution < 1.29 is 4.79 Å². The van der Waals surface area contributed by atoms with Crippen LogP contribution in [0.4, 0.5) is 0 Å². The van der Waals surface area contributed by atoms with Crippen molar-refractivity contribution in [2.45, 2.75) is 6.92 Å². The minimum Gasteiger partial charge on any atom is -0.291 e. The quantitative estimate of drug-likeness (QED) is 0.799. The lowest BCUT2D eigenvalue weighted by atomic mass is 10.2. The maximum Gasteiger partial charge on any atom is 0.279 e. The molecule has 0 unspecified atom stereocenters. The van der Waals surface area contributed by atoms with Crippen molar-refractivity contribution in [1.29, 1.82) is 0 Å². The molecule has 100 valence electrons. The third-order valence-electron chi connectivity index (χ3n) is 2.83. The van der Waals surface area contributed by atoms with Gasteiger partial charge in [0.25, 0.3) is 5.91 Å². The Balaban J connectivity index is 2.50. The van der Waals surface area contributed by atoms with Crippen molar-refractivity contribution in [3.63, 3.8) is 0 Å². The van der Waals surface area contributed by atoms with E-state index < -0.39 is 0 Å². The maximum absolute atomic E-state index is 12.4. The lowest BCUT2D eigenvalue weighted by molar-refractivity contribution is -0.122. The third-order valence-corrected chi connectivity index (χ3v) is 4.96. The zero-order chi connectivity index (χ0) is 13.8. The minimum atomic E-state index is 0.0000491. The van der Waals surface area contributed by atoms with Crippen LogP contribution in [0.5, 0.6) is 0 Å². The Morgan fingerprint density at radius 2 is 1.84 bits per heavy atom. The van der Waals surface area contributed by atoms with Crippen LogP contribution in [0.1, 0.15) is 12.5 Å². The van der Waals surface area contributed by atoms with Gasteiger partial charge in [0.1, 0.15) is 5.84 Å². The van der Waals surface area contributed by atoms with E-state index in [-0.39, 0.29) is 5.91 Å². The van der Waals surface area contributed by atoms with Gasteiger partial charge in [-0.25, -0.2) is 4.99 Å². The van der Waals surface area contributed by atoms with Crippen LogP contribution < -0.4 is 0 Å². The van der Waals surface area contributed by atoms with Crippen molar-refractivity contribution in [3.05, 3.63) is 45.8 Å². The van der Waals surface area contributed by atoms with E-state index in [9.17, 15) is 4.79 Å². The molecule has 0 spiro atoms. The van der Waals surface area contributed by atoms with E-state index in [1.54, 1.807) is 28.4 Å². The molecule has 0 radical (unpaired) electrons. The number of nitrogens with zero attached hydrogens (tertiary/aromatic N) is 2. The predicted molar refractivity (Wildman–Crippen MR) is 84.4 cm³/mol. The number of hydrogen-bond donors (Lipinski definition) is 0. The van der Waals surface area contributed by atoms with Gasteiger partial charge in [-0.05, 0) is 19.4 Å². The number of hydrogen-bond acceptors (Lipinski definition) is 4. The van der Waals surface area contributed by atoms with E-state index in [1.807, 2.05) is 49.8 Å². The van der Waals surface area contributed by atoms with Crippen LogP contribution in [0, 0.1) is 0 Å². The zero-order valence-corrected chi connectivity index (χ0v) is 12.8. The largest absolute Gasteiger partial charge is 0.291 e. The molecule has 3 nitrogen and oxygen atoms in total. The van der Waals surface area contributed by atoms with Crippen molar-refractivity contribution >= 4 is 35.3 Å². The van der Waals surface area contributed by atoms with Gasteiger partial charge in [0.05, 0.1) is 4.24 Å². The summed E-state index contributed by atoms with van der Waals surface area (Å²) in [6, 6.07) is 9.85. The highest BCUT2D eigenvalue weighted by molar-refractivity contribution is 8.21. The molecule has 1 aromatic rings. The average molecular weight is 292 g/mol. The first-order valence-corrected chi connectivity index (χ1v) is 8.46.